The molecule has 3 rings (SSSR count). The second-order valence-electron chi connectivity index (χ2n) is 5.46. The van der Waals surface area contributed by atoms with E-state index in [1.54, 1.807) is 24.2 Å². The van der Waals surface area contributed by atoms with E-state index in [0.717, 1.165) is 15.6 Å². The zero-order valence-corrected chi connectivity index (χ0v) is 15.7. The number of nitrogens with zero attached hydrogens (tertiary/aromatic N) is 3. The van der Waals surface area contributed by atoms with Gasteiger partial charge < -0.3 is 4.74 Å². The lowest BCUT2D eigenvalue weighted by molar-refractivity contribution is -0.111. The van der Waals surface area contributed by atoms with Gasteiger partial charge >= 0.3 is 0 Å². The van der Waals surface area contributed by atoms with Gasteiger partial charge in [0.25, 0.3) is 5.91 Å². The Morgan fingerprint density at radius 1 is 1.23 bits per heavy atom. The highest BCUT2D eigenvalue weighted by Gasteiger charge is 2.05. The number of hydrogen-bond acceptors (Lipinski definition) is 4. The number of rotatable bonds is 6. The van der Waals surface area contributed by atoms with Gasteiger partial charge in [0.2, 0.25) is 5.95 Å². The first-order chi connectivity index (χ1) is 12.6. The number of amides is 1. The Balaban J connectivity index is 1.60. The van der Waals surface area contributed by atoms with E-state index in [1.165, 1.54) is 6.08 Å². The fourth-order valence-corrected chi connectivity index (χ4v) is 2.59. The molecule has 1 heterocycles. The van der Waals surface area contributed by atoms with Gasteiger partial charge in [-0.25, -0.2) is 9.67 Å². The van der Waals surface area contributed by atoms with Gasteiger partial charge in [0.1, 0.15) is 12.1 Å². The average Bonchev–Trinajstić information content (AvgIpc) is 3.09. The van der Waals surface area contributed by atoms with Crippen molar-refractivity contribution in [2.75, 3.05) is 12.4 Å². The van der Waals surface area contributed by atoms with Crippen LogP contribution in [0, 0.1) is 0 Å². The summed E-state index contributed by atoms with van der Waals surface area (Å²) in [6.45, 7) is 0.577. The zero-order chi connectivity index (χ0) is 18.4. The van der Waals surface area contributed by atoms with E-state index >= 15 is 0 Å². The summed E-state index contributed by atoms with van der Waals surface area (Å²) in [5.41, 5.74) is 1.91. The second kappa shape index (κ2) is 8.44. The van der Waals surface area contributed by atoms with Gasteiger partial charge in [0, 0.05) is 16.1 Å². The molecule has 0 bridgehead atoms. The van der Waals surface area contributed by atoms with Crippen LogP contribution in [-0.4, -0.2) is 27.8 Å². The quantitative estimate of drug-likeness (QED) is 0.625. The van der Waals surface area contributed by atoms with E-state index in [1.807, 2.05) is 48.5 Å². The largest absolute Gasteiger partial charge is 0.496 e. The Kier molecular flexibility index (Phi) is 5.80. The van der Waals surface area contributed by atoms with Gasteiger partial charge in [-0.05, 0) is 29.8 Å². The van der Waals surface area contributed by atoms with E-state index in [-0.39, 0.29) is 11.9 Å². The number of carbonyl (C=O) groups is 1. The lowest BCUT2D eigenvalue weighted by Crippen LogP contribution is -2.10. The van der Waals surface area contributed by atoms with Crippen molar-refractivity contribution in [2.24, 2.45) is 0 Å². The van der Waals surface area contributed by atoms with Crippen molar-refractivity contribution in [3.05, 3.63) is 76.5 Å². The summed E-state index contributed by atoms with van der Waals surface area (Å²) in [6.07, 6.45) is 4.70. The third-order valence-corrected chi connectivity index (χ3v) is 4.11. The Labute approximate surface area is 159 Å². The number of para-hydroxylation sites is 1. The van der Waals surface area contributed by atoms with Crippen LogP contribution in [-0.2, 0) is 11.3 Å². The number of aromatic nitrogens is 3. The standard InChI is InChI=1S/C19H17BrN4O2/c1-26-17-5-3-2-4-15(17)8-11-18(25)22-19-21-13-24(23-19)12-14-6-9-16(20)10-7-14/h2-11,13H,12H2,1H3,(H,22,23,25)/b11-8+. The van der Waals surface area contributed by atoms with Crippen molar-refractivity contribution in [1.29, 1.82) is 0 Å². The van der Waals surface area contributed by atoms with Gasteiger partial charge in [-0.2, -0.15) is 0 Å². The highest BCUT2D eigenvalue weighted by molar-refractivity contribution is 9.10. The molecule has 0 fully saturated rings. The minimum atomic E-state index is -0.308. The SMILES string of the molecule is COc1ccccc1/C=C/C(=O)Nc1ncn(Cc2ccc(Br)cc2)n1. The molecule has 132 valence electrons. The number of ether oxygens (including phenoxy) is 1. The molecule has 6 nitrogen and oxygen atoms in total. The van der Waals surface area contributed by atoms with E-state index in [9.17, 15) is 4.79 Å². The van der Waals surface area contributed by atoms with Crippen LogP contribution in [0.4, 0.5) is 5.95 Å². The Morgan fingerprint density at radius 2 is 2.00 bits per heavy atom. The predicted molar refractivity (Wildman–Crippen MR) is 104 cm³/mol. The van der Waals surface area contributed by atoms with Crippen LogP contribution >= 0.6 is 15.9 Å². The minimum absolute atomic E-state index is 0.261. The highest BCUT2D eigenvalue weighted by Crippen LogP contribution is 2.18. The van der Waals surface area contributed by atoms with Crippen molar-refractivity contribution in [3.63, 3.8) is 0 Å². The van der Waals surface area contributed by atoms with Crippen molar-refractivity contribution < 1.29 is 9.53 Å². The highest BCUT2D eigenvalue weighted by atomic mass is 79.9. The normalized spacial score (nSPS) is 10.8. The van der Waals surface area contributed by atoms with Gasteiger partial charge in [-0.15, -0.1) is 5.10 Å². The monoisotopic (exact) mass is 412 g/mol. The van der Waals surface area contributed by atoms with Crippen LogP contribution in [0.5, 0.6) is 5.75 Å². The van der Waals surface area contributed by atoms with Gasteiger partial charge in [-0.1, -0.05) is 46.3 Å². The predicted octanol–water partition coefficient (Wildman–Crippen LogP) is 3.75. The first-order valence-electron chi connectivity index (χ1n) is 7.90. The Bertz CT molecular complexity index is 919. The number of methoxy groups -OCH3 is 1. The van der Waals surface area contributed by atoms with E-state index < -0.39 is 0 Å². The second-order valence-corrected chi connectivity index (χ2v) is 6.37. The minimum Gasteiger partial charge on any atom is -0.496 e. The van der Waals surface area contributed by atoms with E-state index in [4.69, 9.17) is 4.74 Å². The Morgan fingerprint density at radius 3 is 2.77 bits per heavy atom. The topological polar surface area (TPSA) is 69.0 Å². The lowest BCUT2D eigenvalue weighted by Gasteiger charge is -2.03. The number of anilines is 1. The molecule has 0 aliphatic heterocycles. The summed E-state index contributed by atoms with van der Waals surface area (Å²) < 4.78 is 7.94. The van der Waals surface area contributed by atoms with Crippen LogP contribution in [0.25, 0.3) is 6.08 Å². The van der Waals surface area contributed by atoms with Gasteiger partial charge in [0.05, 0.1) is 13.7 Å². The van der Waals surface area contributed by atoms with Crippen molar-refractivity contribution >= 4 is 33.9 Å². The summed E-state index contributed by atoms with van der Waals surface area (Å²) in [7, 11) is 1.59. The summed E-state index contributed by atoms with van der Waals surface area (Å²) in [5.74, 6) is 0.655. The van der Waals surface area contributed by atoms with Gasteiger partial charge in [-0.3, -0.25) is 10.1 Å². The Hall–Kier alpha value is -2.93. The summed E-state index contributed by atoms with van der Waals surface area (Å²) in [6, 6.07) is 15.4. The molecule has 1 aromatic heterocycles. The van der Waals surface area contributed by atoms with Crippen molar-refractivity contribution in [3.8, 4) is 5.75 Å². The molecule has 0 radical (unpaired) electrons. The number of hydrogen-bond donors (Lipinski definition) is 1. The average molecular weight is 413 g/mol. The maximum Gasteiger partial charge on any atom is 0.250 e. The molecule has 1 amide bonds. The summed E-state index contributed by atoms with van der Waals surface area (Å²) in [5, 5.41) is 6.91. The zero-order valence-electron chi connectivity index (χ0n) is 14.1. The molecule has 0 saturated carbocycles. The maximum absolute atomic E-state index is 12.1. The number of nitrogens with one attached hydrogen (secondary N) is 1. The number of carbonyl (C=O) groups excluding carboxylic acids is 1. The first kappa shape index (κ1) is 17.9. The van der Waals surface area contributed by atoms with Crippen LogP contribution in [0.2, 0.25) is 0 Å². The molecule has 0 unspecified atom stereocenters. The van der Waals surface area contributed by atoms with Gasteiger partial charge in [0.15, 0.2) is 0 Å². The van der Waals surface area contributed by atoms with Crippen LogP contribution in [0.3, 0.4) is 0 Å². The first-order valence-corrected chi connectivity index (χ1v) is 8.69. The molecule has 3 aromatic rings. The molecule has 0 spiro atoms. The van der Waals surface area contributed by atoms with Crippen molar-refractivity contribution in [2.45, 2.75) is 6.54 Å². The lowest BCUT2D eigenvalue weighted by atomic mass is 10.2. The van der Waals surface area contributed by atoms with Crippen LogP contribution in [0.15, 0.2) is 65.4 Å². The molecular formula is C19H17BrN4O2. The fraction of sp³-hybridized carbons (Fsp3) is 0.105. The number of benzene rings is 2. The summed E-state index contributed by atoms with van der Waals surface area (Å²) in [4.78, 5) is 16.2. The fourth-order valence-electron chi connectivity index (χ4n) is 2.33. The van der Waals surface area contributed by atoms with E-state index in [2.05, 4.69) is 31.3 Å². The third kappa shape index (κ3) is 4.80. The molecule has 2 aromatic carbocycles. The van der Waals surface area contributed by atoms with Crippen LogP contribution in [0.1, 0.15) is 11.1 Å². The van der Waals surface area contributed by atoms with Crippen molar-refractivity contribution in [1.82, 2.24) is 14.8 Å². The van der Waals surface area contributed by atoms with Crippen LogP contribution < -0.4 is 10.1 Å². The molecule has 1 N–H and O–H groups in total. The third-order valence-electron chi connectivity index (χ3n) is 3.58. The maximum atomic E-state index is 12.1. The molecular weight excluding hydrogens is 396 g/mol. The molecule has 7 heteroatoms. The number of halogens is 1. The smallest absolute Gasteiger partial charge is 0.250 e. The molecule has 0 aliphatic rings. The molecule has 0 saturated heterocycles. The molecule has 0 aliphatic carbocycles. The molecule has 0 atom stereocenters. The van der Waals surface area contributed by atoms with E-state index in [0.29, 0.717) is 12.3 Å². The summed E-state index contributed by atoms with van der Waals surface area (Å²) >= 11 is 3.41. The molecule has 26 heavy (non-hydrogen) atoms.